The molecule has 1 heterocycles. The lowest BCUT2D eigenvalue weighted by Gasteiger charge is -2.09. The van der Waals surface area contributed by atoms with Gasteiger partial charge < -0.3 is 10.1 Å². The zero-order chi connectivity index (χ0) is 13.1. The molecule has 0 unspecified atom stereocenters. The van der Waals surface area contributed by atoms with E-state index in [1.807, 2.05) is 18.4 Å². The summed E-state index contributed by atoms with van der Waals surface area (Å²) in [7, 11) is 1.29. The molecule has 18 heavy (non-hydrogen) atoms. The van der Waals surface area contributed by atoms with Crippen LogP contribution in [0.4, 0.5) is 5.69 Å². The van der Waals surface area contributed by atoms with E-state index in [0.29, 0.717) is 11.3 Å². The standard InChI is InChI=1S/C12H12N2O3S/c1-17-12(16)11-8-5-7(18-2)3-4-9(8)14-10(15)6-13-11/h3-5H,6H2,1-2H3,(H,14,15). The van der Waals surface area contributed by atoms with Gasteiger partial charge in [0, 0.05) is 10.5 Å². The van der Waals surface area contributed by atoms with Crippen molar-refractivity contribution in [1.82, 2.24) is 0 Å². The van der Waals surface area contributed by atoms with E-state index in [1.54, 1.807) is 17.8 Å². The van der Waals surface area contributed by atoms with Crippen LogP contribution >= 0.6 is 11.8 Å². The van der Waals surface area contributed by atoms with Crippen LogP contribution < -0.4 is 5.32 Å². The van der Waals surface area contributed by atoms with Gasteiger partial charge in [-0.3, -0.25) is 9.79 Å². The summed E-state index contributed by atoms with van der Waals surface area (Å²) in [5, 5.41) is 2.71. The fraction of sp³-hybridized carbons (Fsp3) is 0.250. The van der Waals surface area contributed by atoms with Crippen LogP contribution in [0.15, 0.2) is 28.1 Å². The van der Waals surface area contributed by atoms with E-state index in [9.17, 15) is 9.59 Å². The number of amides is 1. The fourth-order valence-corrected chi connectivity index (χ4v) is 2.09. The number of hydrogen-bond donors (Lipinski definition) is 1. The molecule has 1 N–H and O–H groups in total. The minimum absolute atomic E-state index is 0.0757. The van der Waals surface area contributed by atoms with Gasteiger partial charge in [0.25, 0.3) is 0 Å². The molecule has 0 fully saturated rings. The summed E-state index contributed by atoms with van der Waals surface area (Å²) in [6.45, 7) is -0.0757. The van der Waals surface area contributed by atoms with Gasteiger partial charge in [-0.05, 0) is 24.5 Å². The molecule has 1 aromatic carbocycles. The Bertz CT molecular complexity index is 540. The van der Waals surface area contributed by atoms with Gasteiger partial charge in [-0.1, -0.05) is 0 Å². The topological polar surface area (TPSA) is 67.8 Å². The maximum absolute atomic E-state index is 11.7. The van der Waals surface area contributed by atoms with Gasteiger partial charge in [0.15, 0.2) is 5.71 Å². The van der Waals surface area contributed by atoms with Crippen molar-refractivity contribution < 1.29 is 14.3 Å². The lowest BCUT2D eigenvalue weighted by molar-refractivity contribution is -0.132. The number of ether oxygens (including phenoxy) is 1. The Morgan fingerprint density at radius 2 is 2.28 bits per heavy atom. The SMILES string of the molecule is COC(=O)C1=NCC(=O)Nc2ccc(SC)cc21. The van der Waals surface area contributed by atoms with Gasteiger partial charge in [0.1, 0.15) is 6.54 Å². The number of thioether (sulfide) groups is 1. The Morgan fingerprint density at radius 3 is 2.94 bits per heavy atom. The number of nitrogens with one attached hydrogen (secondary N) is 1. The van der Waals surface area contributed by atoms with Crippen molar-refractivity contribution in [1.29, 1.82) is 0 Å². The normalized spacial score (nSPS) is 14.1. The molecule has 0 saturated heterocycles. The first kappa shape index (κ1) is 12.6. The molecule has 0 aliphatic carbocycles. The minimum atomic E-state index is -0.536. The van der Waals surface area contributed by atoms with Gasteiger partial charge in [-0.25, -0.2) is 4.79 Å². The molecular weight excluding hydrogens is 252 g/mol. The highest BCUT2D eigenvalue weighted by atomic mass is 32.2. The zero-order valence-electron chi connectivity index (χ0n) is 10.0. The Hall–Kier alpha value is -1.82. The van der Waals surface area contributed by atoms with Crippen LogP contribution in [-0.2, 0) is 14.3 Å². The molecule has 2 rings (SSSR count). The molecule has 0 atom stereocenters. The molecule has 0 spiro atoms. The number of benzene rings is 1. The summed E-state index contributed by atoms with van der Waals surface area (Å²) < 4.78 is 4.70. The lowest BCUT2D eigenvalue weighted by atomic mass is 10.1. The summed E-state index contributed by atoms with van der Waals surface area (Å²) in [5.41, 5.74) is 1.36. The van der Waals surface area contributed by atoms with E-state index in [2.05, 4.69) is 10.3 Å². The predicted molar refractivity (Wildman–Crippen MR) is 70.3 cm³/mol. The number of methoxy groups -OCH3 is 1. The highest BCUT2D eigenvalue weighted by molar-refractivity contribution is 7.98. The maximum Gasteiger partial charge on any atom is 0.356 e. The third kappa shape index (κ3) is 2.38. The second kappa shape index (κ2) is 5.22. The Labute approximate surface area is 109 Å². The van der Waals surface area contributed by atoms with E-state index in [-0.39, 0.29) is 18.2 Å². The van der Waals surface area contributed by atoms with E-state index in [1.165, 1.54) is 7.11 Å². The maximum atomic E-state index is 11.7. The lowest BCUT2D eigenvalue weighted by Crippen LogP contribution is -2.17. The Kier molecular flexibility index (Phi) is 3.66. The third-order valence-corrected chi connectivity index (χ3v) is 3.24. The minimum Gasteiger partial charge on any atom is -0.464 e. The third-order valence-electron chi connectivity index (χ3n) is 2.52. The van der Waals surface area contributed by atoms with Crippen LogP contribution in [0.25, 0.3) is 0 Å². The van der Waals surface area contributed by atoms with Crippen molar-refractivity contribution >= 4 is 35.0 Å². The molecule has 0 aromatic heterocycles. The van der Waals surface area contributed by atoms with E-state index < -0.39 is 5.97 Å². The molecular formula is C12H12N2O3S. The first-order valence-electron chi connectivity index (χ1n) is 5.26. The molecule has 1 aromatic rings. The van der Waals surface area contributed by atoms with Crippen LogP contribution in [-0.4, -0.2) is 37.5 Å². The largest absolute Gasteiger partial charge is 0.464 e. The zero-order valence-corrected chi connectivity index (χ0v) is 10.8. The van der Waals surface area contributed by atoms with Crippen molar-refractivity contribution in [2.24, 2.45) is 4.99 Å². The number of fused-ring (bicyclic) bond motifs is 1. The van der Waals surface area contributed by atoms with E-state index in [4.69, 9.17) is 4.74 Å². The van der Waals surface area contributed by atoms with Crippen LogP contribution in [0.1, 0.15) is 5.56 Å². The van der Waals surface area contributed by atoms with Gasteiger partial charge >= 0.3 is 5.97 Å². The Balaban J connectivity index is 2.56. The number of carbonyl (C=O) groups excluding carboxylic acids is 2. The molecule has 94 valence electrons. The average Bonchev–Trinajstić information content (AvgIpc) is 2.55. The monoisotopic (exact) mass is 264 g/mol. The number of hydrogen-bond acceptors (Lipinski definition) is 5. The highest BCUT2D eigenvalue weighted by Crippen LogP contribution is 2.25. The first-order chi connectivity index (χ1) is 8.65. The van der Waals surface area contributed by atoms with Crippen molar-refractivity contribution in [2.75, 3.05) is 25.2 Å². The number of nitrogens with zero attached hydrogens (tertiary/aromatic N) is 1. The van der Waals surface area contributed by atoms with Crippen molar-refractivity contribution in [3.63, 3.8) is 0 Å². The number of esters is 1. The molecule has 0 saturated carbocycles. The Morgan fingerprint density at radius 1 is 1.50 bits per heavy atom. The number of anilines is 1. The van der Waals surface area contributed by atoms with Gasteiger partial charge in [0.05, 0.1) is 12.8 Å². The average molecular weight is 264 g/mol. The first-order valence-corrected chi connectivity index (χ1v) is 6.49. The van der Waals surface area contributed by atoms with Crippen LogP contribution in [0, 0.1) is 0 Å². The van der Waals surface area contributed by atoms with Gasteiger partial charge in [0.2, 0.25) is 5.91 Å². The molecule has 1 aliphatic rings. The molecule has 0 radical (unpaired) electrons. The summed E-state index contributed by atoms with van der Waals surface area (Å²) >= 11 is 1.55. The second-order valence-corrected chi connectivity index (χ2v) is 4.50. The predicted octanol–water partition coefficient (Wildman–Crippen LogP) is 1.32. The quantitative estimate of drug-likeness (QED) is 0.646. The van der Waals surface area contributed by atoms with Gasteiger partial charge in [-0.2, -0.15) is 0 Å². The van der Waals surface area contributed by atoms with Crippen LogP contribution in [0.2, 0.25) is 0 Å². The summed E-state index contributed by atoms with van der Waals surface area (Å²) in [5.74, 6) is -0.780. The molecule has 6 heteroatoms. The van der Waals surface area contributed by atoms with Crippen LogP contribution in [0.3, 0.4) is 0 Å². The van der Waals surface area contributed by atoms with E-state index in [0.717, 1.165) is 4.90 Å². The molecule has 5 nitrogen and oxygen atoms in total. The van der Waals surface area contributed by atoms with Crippen molar-refractivity contribution in [3.8, 4) is 0 Å². The van der Waals surface area contributed by atoms with E-state index >= 15 is 0 Å². The summed E-state index contributed by atoms with van der Waals surface area (Å²) in [4.78, 5) is 28.2. The summed E-state index contributed by atoms with van der Waals surface area (Å²) in [6, 6.07) is 5.47. The van der Waals surface area contributed by atoms with Crippen molar-refractivity contribution in [2.45, 2.75) is 4.90 Å². The molecule has 1 amide bonds. The van der Waals surface area contributed by atoms with Crippen molar-refractivity contribution in [3.05, 3.63) is 23.8 Å². The van der Waals surface area contributed by atoms with Crippen LogP contribution in [0.5, 0.6) is 0 Å². The second-order valence-electron chi connectivity index (χ2n) is 3.62. The number of rotatable bonds is 2. The number of aliphatic imine (C=N–C) groups is 1. The molecule has 0 bridgehead atoms. The van der Waals surface area contributed by atoms with Gasteiger partial charge in [-0.15, -0.1) is 11.8 Å². The summed E-state index contributed by atoms with van der Waals surface area (Å²) in [6.07, 6.45) is 1.94. The highest BCUT2D eigenvalue weighted by Gasteiger charge is 2.22. The smallest absolute Gasteiger partial charge is 0.356 e. The number of carbonyl (C=O) groups is 2. The molecule has 1 aliphatic heterocycles. The number of benzodiazepines with no additional fused rings is 1. The fourth-order valence-electron chi connectivity index (χ4n) is 1.65.